The summed E-state index contributed by atoms with van der Waals surface area (Å²) < 4.78 is 0. The molecular formula is C10H19NO2. The molecule has 3 N–H and O–H groups in total. The lowest BCUT2D eigenvalue weighted by molar-refractivity contribution is -0.160. The van der Waals surface area contributed by atoms with E-state index in [4.69, 9.17) is 10.8 Å². The van der Waals surface area contributed by atoms with Crippen LogP contribution in [0, 0.1) is 16.7 Å². The highest BCUT2D eigenvalue weighted by Gasteiger charge is 2.52. The Bertz CT molecular complexity index is 211. The lowest BCUT2D eigenvalue weighted by Crippen LogP contribution is -2.52. The van der Waals surface area contributed by atoms with Gasteiger partial charge in [-0.2, -0.15) is 0 Å². The molecule has 1 aliphatic rings. The van der Waals surface area contributed by atoms with Crippen molar-refractivity contribution < 1.29 is 9.90 Å². The van der Waals surface area contributed by atoms with Crippen LogP contribution in [0.4, 0.5) is 0 Å². The Balaban J connectivity index is 2.60. The summed E-state index contributed by atoms with van der Waals surface area (Å²) in [5.41, 5.74) is 5.10. The number of carboxylic acid groups (broad SMARTS) is 1. The molecule has 76 valence electrons. The van der Waals surface area contributed by atoms with Gasteiger partial charge in [-0.3, -0.25) is 4.79 Å². The van der Waals surface area contributed by atoms with Crippen molar-refractivity contribution in [1.29, 1.82) is 0 Å². The van der Waals surface area contributed by atoms with Gasteiger partial charge in [-0.05, 0) is 24.2 Å². The molecule has 0 aromatic heterocycles. The summed E-state index contributed by atoms with van der Waals surface area (Å²) in [7, 11) is 0. The van der Waals surface area contributed by atoms with Gasteiger partial charge in [0.1, 0.15) is 0 Å². The van der Waals surface area contributed by atoms with E-state index in [1.54, 1.807) is 0 Å². The van der Waals surface area contributed by atoms with Gasteiger partial charge in [-0.15, -0.1) is 0 Å². The summed E-state index contributed by atoms with van der Waals surface area (Å²) in [4.78, 5) is 10.9. The van der Waals surface area contributed by atoms with Gasteiger partial charge < -0.3 is 10.8 Å². The number of rotatable bonds is 2. The second kappa shape index (κ2) is 2.98. The third-order valence-electron chi connectivity index (χ3n) is 3.34. The maximum absolute atomic E-state index is 10.9. The number of hydrogen-bond acceptors (Lipinski definition) is 2. The van der Waals surface area contributed by atoms with E-state index < -0.39 is 11.4 Å². The highest BCUT2D eigenvalue weighted by molar-refractivity contribution is 5.76. The Morgan fingerprint density at radius 2 is 2.00 bits per heavy atom. The van der Waals surface area contributed by atoms with Crippen LogP contribution in [0.1, 0.15) is 33.6 Å². The molecule has 0 saturated heterocycles. The van der Waals surface area contributed by atoms with Crippen LogP contribution in [0.25, 0.3) is 0 Å². The van der Waals surface area contributed by atoms with Crippen molar-refractivity contribution in [3.05, 3.63) is 0 Å². The average molecular weight is 185 g/mol. The van der Waals surface area contributed by atoms with Crippen molar-refractivity contribution in [2.45, 2.75) is 33.6 Å². The molecule has 0 radical (unpaired) electrons. The standard InChI is InChI=1S/C10H19NO2/c1-9(2,3)7-4-10(5-7,6-11)8(12)13/h7H,4-6,11H2,1-3H3,(H,12,13). The predicted octanol–water partition coefficient (Wildman–Crippen LogP) is 1.47. The molecule has 3 heteroatoms. The van der Waals surface area contributed by atoms with E-state index in [1.807, 2.05) is 0 Å². The molecule has 0 unspecified atom stereocenters. The zero-order valence-electron chi connectivity index (χ0n) is 8.63. The fourth-order valence-corrected chi connectivity index (χ4v) is 1.92. The van der Waals surface area contributed by atoms with E-state index in [9.17, 15) is 4.79 Å². The molecule has 1 aliphatic carbocycles. The van der Waals surface area contributed by atoms with Gasteiger partial charge in [0.05, 0.1) is 5.41 Å². The van der Waals surface area contributed by atoms with Crippen molar-refractivity contribution in [1.82, 2.24) is 0 Å². The molecule has 0 amide bonds. The SMILES string of the molecule is CC(C)(C)C1CC(CN)(C(=O)O)C1. The third kappa shape index (κ3) is 1.70. The minimum atomic E-state index is -0.726. The van der Waals surface area contributed by atoms with Gasteiger partial charge in [0.2, 0.25) is 0 Å². The minimum absolute atomic E-state index is 0.216. The molecule has 3 nitrogen and oxygen atoms in total. The van der Waals surface area contributed by atoms with Gasteiger partial charge in [-0.25, -0.2) is 0 Å². The molecular weight excluding hydrogens is 166 g/mol. The van der Waals surface area contributed by atoms with Crippen LogP contribution in [0.2, 0.25) is 0 Å². The first-order valence-electron chi connectivity index (χ1n) is 4.75. The number of carboxylic acids is 1. The van der Waals surface area contributed by atoms with Crippen LogP contribution in [-0.2, 0) is 4.79 Å². The smallest absolute Gasteiger partial charge is 0.310 e. The summed E-state index contributed by atoms with van der Waals surface area (Å²) in [5.74, 6) is -0.220. The molecule has 0 aromatic rings. The van der Waals surface area contributed by atoms with E-state index >= 15 is 0 Å². The monoisotopic (exact) mass is 185 g/mol. The van der Waals surface area contributed by atoms with Crippen LogP contribution >= 0.6 is 0 Å². The Kier molecular flexibility index (Phi) is 2.41. The van der Waals surface area contributed by atoms with E-state index in [1.165, 1.54) is 0 Å². The average Bonchev–Trinajstić information content (AvgIpc) is 1.81. The van der Waals surface area contributed by atoms with Crippen LogP contribution in [0.3, 0.4) is 0 Å². The molecule has 1 fully saturated rings. The molecule has 0 aromatic carbocycles. The number of aliphatic carboxylic acids is 1. The number of hydrogen-bond donors (Lipinski definition) is 2. The predicted molar refractivity (Wildman–Crippen MR) is 51.3 cm³/mol. The first-order chi connectivity index (χ1) is 5.82. The second-order valence-corrected chi connectivity index (χ2v) is 5.26. The summed E-state index contributed by atoms with van der Waals surface area (Å²) in [6.45, 7) is 6.73. The quantitative estimate of drug-likeness (QED) is 0.684. The summed E-state index contributed by atoms with van der Waals surface area (Å²) in [6, 6.07) is 0. The van der Waals surface area contributed by atoms with E-state index in [2.05, 4.69) is 20.8 Å². The van der Waals surface area contributed by atoms with Crippen molar-refractivity contribution in [2.75, 3.05) is 6.54 Å². The highest BCUT2D eigenvalue weighted by Crippen LogP contribution is 2.52. The lowest BCUT2D eigenvalue weighted by atomic mass is 9.54. The zero-order chi connectivity index (χ0) is 10.3. The first kappa shape index (κ1) is 10.5. The van der Waals surface area contributed by atoms with Crippen molar-refractivity contribution in [2.24, 2.45) is 22.5 Å². The second-order valence-electron chi connectivity index (χ2n) is 5.26. The van der Waals surface area contributed by atoms with Crippen molar-refractivity contribution >= 4 is 5.97 Å². The first-order valence-corrected chi connectivity index (χ1v) is 4.75. The molecule has 0 spiro atoms. The summed E-state index contributed by atoms with van der Waals surface area (Å²) in [5, 5.41) is 8.99. The van der Waals surface area contributed by atoms with Crippen LogP contribution in [0.5, 0.6) is 0 Å². The molecule has 0 heterocycles. The van der Waals surface area contributed by atoms with E-state index in [-0.39, 0.29) is 12.0 Å². The minimum Gasteiger partial charge on any atom is -0.481 e. The van der Waals surface area contributed by atoms with Crippen molar-refractivity contribution in [3.8, 4) is 0 Å². The topological polar surface area (TPSA) is 63.3 Å². The third-order valence-corrected chi connectivity index (χ3v) is 3.34. The molecule has 1 saturated carbocycles. The van der Waals surface area contributed by atoms with Crippen molar-refractivity contribution in [3.63, 3.8) is 0 Å². The van der Waals surface area contributed by atoms with E-state index in [0.717, 1.165) is 12.8 Å². The molecule has 1 rings (SSSR count). The largest absolute Gasteiger partial charge is 0.481 e. The van der Waals surface area contributed by atoms with Gasteiger partial charge in [0, 0.05) is 6.54 Å². The fraction of sp³-hybridized carbons (Fsp3) is 0.900. The Hall–Kier alpha value is -0.570. The molecule has 0 bridgehead atoms. The van der Waals surface area contributed by atoms with Gasteiger partial charge in [0.25, 0.3) is 0 Å². The maximum atomic E-state index is 10.9. The normalized spacial score (nSPS) is 34.0. The summed E-state index contributed by atoms with van der Waals surface area (Å²) in [6.07, 6.45) is 1.48. The highest BCUT2D eigenvalue weighted by atomic mass is 16.4. The van der Waals surface area contributed by atoms with Gasteiger partial charge in [0.15, 0.2) is 0 Å². The molecule has 13 heavy (non-hydrogen) atoms. The Morgan fingerprint density at radius 3 is 2.23 bits per heavy atom. The van der Waals surface area contributed by atoms with Crippen LogP contribution < -0.4 is 5.73 Å². The Morgan fingerprint density at radius 1 is 1.54 bits per heavy atom. The number of nitrogens with two attached hydrogens (primary N) is 1. The number of carbonyl (C=O) groups is 1. The van der Waals surface area contributed by atoms with E-state index in [0.29, 0.717) is 5.92 Å². The molecule has 0 atom stereocenters. The Labute approximate surface area is 79.3 Å². The maximum Gasteiger partial charge on any atom is 0.310 e. The van der Waals surface area contributed by atoms with Crippen LogP contribution in [-0.4, -0.2) is 17.6 Å². The fourth-order valence-electron chi connectivity index (χ4n) is 1.92. The molecule has 0 aliphatic heterocycles. The zero-order valence-corrected chi connectivity index (χ0v) is 8.63. The lowest BCUT2D eigenvalue weighted by Gasteiger charge is -2.49. The van der Waals surface area contributed by atoms with Crippen LogP contribution in [0.15, 0.2) is 0 Å². The van der Waals surface area contributed by atoms with Gasteiger partial charge in [-0.1, -0.05) is 20.8 Å². The summed E-state index contributed by atoms with van der Waals surface area (Å²) >= 11 is 0. The van der Waals surface area contributed by atoms with Gasteiger partial charge >= 0.3 is 5.97 Å².